The van der Waals surface area contributed by atoms with Crippen molar-refractivity contribution in [3.63, 3.8) is 0 Å². The van der Waals surface area contributed by atoms with Gasteiger partial charge in [-0.1, -0.05) is 85.9 Å². The van der Waals surface area contributed by atoms with Gasteiger partial charge in [0.15, 0.2) is 0 Å². The number of nitrogens with two attached hydrogens (primary N) is 1. The normalized spacial score (nSPS) is 14.5. The number of nitrogens with one attached hydrogen (secondary N) is 1. The summed E-state index contributed by atoms with van der Waals surface area (Å²) in [5.74, 6) is -0.365. The van der Waals surface area contributed by atoms with Crippen molar-refractivity contribution in [2.24, 2.45) is 5.73 Å². The molecular weight excluding hydrogens is 434 g/mol. The van der Waals surface area contributed by atoms with E-state index >= 15 is 0 Å². The van der Waals surface area contributed by atoms with E-state index in [9.17, 15) is 9.59 Å². The molecule has 1 heterocycles. The van der Waals surface area contributed by atoms with Gasteiger partial charge in [-0.15, -0.1) is 0 Å². The highest BCUT2D eigenvalue weighted by atomic mass is 16.2. The summed E-state index contributed by atoms with van der Waals surface area (Å²) in [7, 11) is 0. The van der Waals surface area contributed by atoms with Crippen LogP contribution in [-0.2, 0) is 9.59 Å². The van der Waals surface area contributed by atoms with E-state index in [0.717, 1.165) is 44.9 Å². The van der Waals surface area contributed by atoms with Crippen LogP contribution in [0.4, 0.5) is 0 Å². The second kappa shape index (κ2) is 21.2. The lowest BCUT2D eigenvalue weighted by Gasteiger charge is -2.23. The molecule has 0 saturated heterocycles. The molecule has 1 rings (SSSR count). The third-order valence-electron chi connectivity index (χ3n) is 5.14. The highest BCUT2D eigenvalue weighted by molar-refractivity contribution is 5.92. The van der Waals surface area contributed by atoms with Gasteiger partial charge in [-0.05, 0) is 57.2 Å². The Morgan fingerprint density at radius 1 is 0.857 bits per heavy atom. The van der Waals surface area contributed by atoms with Crippen molar-refractivity contribution in [2.75, 3.05) is 19.6 Å². The molecule has 0 aromatic rings. The van der Waals surface area contributed by atoms with Gasteiger partial charge in [0.2, 0.25) is 11.8 Å². The number of amides is 2. The number of nitrogens with zero attached hydrogens (tertiary/aromatic N) is 1. The van der Waals surface area contributed by atoms with E-state index < -0.39 is 5.91 Å². The highest BCUT2D eigenvalue weighted by Gasteiger charge is 2.11. The molecule has 3 N–H and O–H groups in total. The molecule has 190 valence electrons. The van der Waals surface area contributed by atoms with E-state index in [2.05, 4.69) is 85.2 Å². The van der Waals surface area contributed by atoms with Gasteiger partial charge in [0.25, 0.3) is 0 Å². The van der Waals surface area contributed by atoms with Crippen molar-refractivity contribution in [3.05, 3.63) is 96.8 Å². The third-order valence-corrected chi connectivity index (χ3v) is 5.14. The van der Waals surface area contributed by atoms with E-state index in [0.29, 0.717) is 31.6 Å². The van der Waals surface area contributed by atoms with Crippen LogP contribution >= 0.6 is 0 Å². The molecule has 0 fully saturated rings. The molecule has 0 radical (unpaired) electrons. The Morgan fingerprint density at radius 2 is 1.37 bits per heavy atom. The van der Waals surface area contributed by atoms with Gasteiger partial charge >= 0.3 is 0 Å². The van der Waals surface area contributed by atoms with E-state index in [1.165, 1.54) is 0 Å². The minimum Gasteiger partial charge on any atom is -0.371 e. The second-order valence-electron chi connectivity index (χ2n) is 8.17. The Bertz CT molecular complexity index is 842. The van der Waals surface area contributed by atoms with Crippen LogP contribution in [0.3, 0.4) is 0 Å². The quantitative estimate of drug-likeness (QED) is 0.244. The smallest absolute Gasteiger partial charge is 0.246 e. The molecule has 0 saturated carbocycles. The fraction of sp³-hybridized carbons (Fsp3) is 0.400. The molecule has 1 aliphatic heterocycles. The lowest BCUT2D eigenvalue weighted by atomic mass is 10.2. The molecule has 5 heteroatoms. The van der Waals surface area contributed by atoms with Crippen LogP contribution in [0.1, 0.15) is 58.3 Å². The molecule has 0 aromatic heterocycles. The van der Waals surface area contributed by atoms with Crippen LogP contribution in [0.25, 0.3) is 0 Å². The molecule has 35 heavy (non-hydrogen) atoms. The van der Waals surface area contributed by atoms with Gasteiger partial charge in [-0.3, -0.25) is 9.59 Å². The summed E-state index contributed by atoms with van der Waals surface area (Å²) in [5, 5.41) is 2.92. The Hall–Kier alpha value is -3.34. The van der Waals surface area contributed by atoms with Gasteiger partial charge in [0.1, 0.15) is 0 Å². The fourth-order valence-electron chi connectivity index (χ4n) is 3.20. The Morgan fingerprint density at radius 3 is 1.89 bits per heavy atom. The van der Waals surface area contributed by atoms with Crippen molar-refractivity contribution in [2.45, 2.75) is 58.3 Å². The predicted molar refractivity (Wildman–Crippen MR) is 148 cm³/mol. The SMILES string of the molecule is CC/C=C\C/C=C\C/C=C\C/C=C\C/C=C\C/C=C\CCC(=O)NCCN1C=CC=C(C(N)=O)C1. The monoisotopic (exact) mass is 477 g/mol. The standard InChI is InChI=1S/C30H43N3O2/c1-2-3-4-5-6-7-8-9-10-11-12-13-14-15-16-17-18-19-20-23-29(34)32-24-26-33-25-21-22-28(27-33)30(31)35/h3-4,6-7,9-10,12-13,15-16,18-19,21-22,25H,2,5,8,11,14,17,20,23-24,26-27H2,1H3,(H2,31,35)(H,32,34)/b4-3-,7-6-,10-9-,13-12-,16-15-,19-18-. The predicted octanol–water partition coefficient (Wildman–Crippen LogP) is 5.82. The van der Waals surface area contributed by atoms with Crippen LogP contribution < -0.4 is 11.1 Å². The Balaban J connectivity index is 1.98. The maximum absolute atomic E-state index is 11.9. The Labute approximate surface area is 212 Å². The number of carbonyl (C=O) groups is 2. The zero-order valence-corrected chi connectivity index (χ0v) is 21.3. The first-order valence-corrected chi connectivity index (χ1v) is 12.7. The van der Waals surface area contributed by atoms with Crippen molar-refractivity contribution in [1.82, 2.24) is 10.2 Å². The number of primary amides is 1. The van der Waals surface area contributed by atoms with Crippen molar-refractivity contribution in [1.29, 1.82) is 0 Å². The molecular formula is C30H43N3O2. The number of carbonyl (C=O) groups excluding carboxylic acids is 2. The molecule has 0 atom stereocenters. The summed E-state index contributed by atoms with van der Waals surface area (Å²) in [6.07, 6.45) is 38.6. The first-order chi connectivity index (χ1) is 17.1. The van der Waals surface area contributed by atoms with Crippen LogP contribution in [0.2, 0.25) is 0 Å². The number of allylic oxidation sites excluding steroid dienone is 14. The molecule has 1 aliphatic rings. The van der Waals surface area contributed by atoms with E-state index in [-0.39, 0.29) is 5.91 Å². The first-order valence-electron chi connectivity index (χ1n) is 12.7. The van der Waals surface area contributed by atoms with Crippen LogP contribution in [0.15, 0.2) is 96.8 Å². The molecule has 0 aliphatic carbocycles. The number of rotatable bonds is 18. The summed E-state index contributed by atoms with van der Waals surface area (Å²) in [5.41, 5.74) is 5.89. The second-order valence-corrected chi connectivity index (χ2v) is 8.17. The van der Waals surface area contributed by atoms with Gasteiger partial charge in [0.05, 0.1) is 0 Å². The summed E-state index contributed by atoms with van der Waals surface area (Å²) < 4.78 is 0. The zero-order chi connectivity index (χ0) is 25.4. The molecule has 0 bridgehead atoms. The van der Waals surface area contributed by atoms with Crippen molar-refractivity contribution >= 4 is 11.8 Å². The average molecular weight is 478 g/mol. The van der Waals surface area contributed by atoms with E-state index in [1.807, 2.05) is 11.1 Å². The van der Waals surface area contributed by atoms with Gasteiger partial charge in [-0.2, -0.15) is 0 Å². The van der Waals surface area contributed by atoms with Gasteiger partial charge < -0.3 is 16.0 Å². The lowest BCUT2D eigenvalue weighted by Crippen LogP contribution is -2.35. The summed E-state index contributed by atoms with van der Waals surface area (Å²) in [4.78, 5) is 25.1. The van der Waals surface area contributed by atoms with Crippen LogP contribution in [-0.4, -0.2) is 36.3 Å². The minimum atomic E-state index is -0.403. The molecule has 0 aromatic carbocycles. The first kappa shape index (κ1) is 29.7. The van der Waals surface area contributed by atoms with E-state index in [4.69, 9.17) is 5.73 Å². The summed E-state index contributed by atoms with van der Waals surface area (Å²) in [6.45, 7) is 3.82. The maximum atomic E-state index is 11.9. The van der Waals surface area contributed by atoms with Gasteiger partial charge in [-0.25, -0.2) is 0 Å². The third kappa shape index (κ3) is 17.8. The van der Waals surface area contributed by atoms with Crippen LogP contribution in [0.5, 0.6) is 0 Å². The fourth-order valence-corrected chi connectivity index (χ4v) is 3.20. The summed E-state index contributed by atoms with van der Waals surface area (Å²) >= 11 is 0. The van der Waals surface area contributed by atoms with Crippen molar-refractivity contribution < 1.29 is 9.59 Å². The number of hydrogen-bond donors (Lipinski definition) is 2. The molecule has 5 nitrogen and oxygen atoms in total. The minimum absolute atomic E-state index is 0.0381. The topological polar surface area (TPSA) is 75.4 Å². The molecule has 2 amide bonds. The van der Waals surface area contributed by atoms with Crippen LogP contribution in [0, 0.1) is 0 Å². The summed E-state index contributed by atoms with van der Waals surface area (Å²) in [6, 6.07) is 0. The molecule has 0 unspecified atom stereocenters. The number of hydrogen-bond acceptors (Lipinski definition) is 3. The van der Waals surface area contributed by atoms with E-state index in [1.54, 1.807) is 12.2 Å². The average Bonchev–Trinajstić information content (AvgIpc) is 2.85. The van der Waals surface area contributed by atoms with Gasteiger partial charge in [0, 0.05) is 31.6 Å². The zero-order valence-electron chi connectivity index (χ0n) is 21.3. The van der Waals surface area contributed by atoms with Crippen molar-refractivity contribution in [3.8, 4) is 0 Å². The lowest BCUT2D eigenvalue weighted by molar-refractivity contribution is -0.121. The maximum Gasteiger partial charge on any atom is 0.246 e. The molecule has 0 spiro atoms. The highest BCUT2D eigenvalue weighted by Crippen LogP contribution is 2.06. The largest absolute Gasteiger partial charge is 0.371 e. The Kier molecular flexibility index (Phi) is 18.0.